The van der Waals surface area contributed by atoms with Gasteiger partial charge >= 0.3 is 0 Å². The fraction of sp³-hybridized carbons (Fsp3) is 0.333. The first-order valence-electron chi connectivity index (χ1n) is 12.0. The highest BCUT2D eigenvalue weighted by Crippen LogP contribution is 2.37. The highest BCUT2D eigenvalue weighted by Gasteiger charge is 2.31. The molecule has 9 heteroatoms. The van der Waals surface area contributed by atoms with Crippen LogP contribution in [0.3, 0.4) is 0 Å². The Hall–Kier alpha value is -3.75. The molecule has 0 aliphatic carbocycles. The Morgan fingerprint density at radius 2 is 1.81 bits per heavy atom. The number of nitrogens with zero attached hydrogens (tertiary/aromatic N) is 6. The number of alkyl halides is 2. The molecular formula is C27H27F3N6. The molecule has 0 spiro atoms. The molecule has 0 amide bonds. The smallest absolute Gasteiger partial charge is 0.270 e. The van der Waals surface area contributed by atoms with Crippen molar-refractivity contribution in [1.82, 2.24) is 24.7 Å². The number of benzene rings is 2. The van der Waals surface area contributed by atoms with Crippen molar-refractivity contribution >= 4 is 5.82 Å². The van der Waals surface area contributed by atoms with Gasteiger partial charge in [0.2, 0.25) is 0 Å². The van der Waals surface area contributed by atoms with Crippen molar-refractivity contribution in [2.45, 2.75) is 51.1 Å². The number of rotatable bonds is 8. The van der Waals surface area contributed by atoms with E-state index >= 15 is 4.39 Å². The average Bonchev–Trinajstić information content (AvgIpc) is 3.56. The quantitative estimate of drug-likeness (QED) is 0.325. The van der Waals surface area contributed by atoms with Crippen LogP contribution < -0.4 is 4.90 Å². The number of hydrogen-bond donors (Lipinski definition) is 0. The third kappa shape index (κ3) is 5.24. The van der Waals surface area contributed by atoms with Crippen LogP contribution in [0.1, 0.15) is 53.8 Å². The molecule has 36 heavy (non-hydrogen) atoms. The summed E-state index contributed by atoms with van der Waals surface area (Å²) in [5, 5.41) is 4.14. The lowest BCUT2D eigenvalue weighted by atomic mass is 10.0. The van der Waals surface area contributed by atoms with Crippen molar-refractivity contribution in [1.29, 1.82) is 0 Å². The predicted octanol–water partition coefficient (Wildman–Crippen LogP) is 5.49. The van der Waals surface area contributed by atoms with E-state index in [0.717, 1.165) is 36.5 Å². The zero-order valence-electron chi connectivity index (χ0n) is 20.0. The van der Waals surface area contributed by atoms with Crippen molar-refractivity contribution in [2.24, 2.45) is 0 Å². The van der Waals surface area contributed by atoms with Gasteiger partial charge in [-0.05, 0) is 42.4 Å². The monoisotopic (exact) mass is 492 g/mol. The summed E-state index contributed by atoms with van der Waals surface area (Å²) in [6.07, 6.45) is 7.33. The van der Waals surface area contributed by atoms with Gasteiger partial charge in [0.25, 0.3) is 5.92 Å². The van der Waals surface area contributed by atoms with Gasteiger partial charge in [0.15, 0.2) is 11.6 Å². The summed E-state index contributed by atoms with van der Waals surface area (Å²) in [7, 11) is 0. The van der Waals surface area contributed by atoms with Gasteiger partial charge in [-0.2, -0.15) is 5.10 Å². The molecule has 0 saturated carbocycles. The van der Waals surface area contributed by atoms with Crippen molar-refractivity contribution in [2.75, 3.05) is 11.4 Å². The van der Waals surface area contributed by atoms with E-state index in [1.54, 1.807) is 23.1 Å². The highest BCUT2D eigenvalue weighted by molar-refractivity contribution is 5.46. The molecule has 1 unspecified atom stereocenters. The van der Waals surface area contributed by atoms with Crippen LogP contribution in [-0.2, 0) is 25.3 Å². The van der Waals surface area contributed by atoms with Crippen molar-refractivity contribution in [3.63, 3.8) is 0 Å². The molecule has 186 valence electrons. The van der Waals surface area contributed by atoms with Gasteiger partial charge in [-0.1, -0.05) is 48.5 Å². The first-order chi connectivity index (χ1) is 17.4. The summed E-state index contributed by atoms with van der Waals surface area (Å²) < 4.78 is 44.6. The Morgan fingerprint density at radius 3 is 2.56 bits per heavy atom. The molecule has 1 saturated heterocycles. The molecule has 4 aromatic rings. The lowest BCUT2D eigenvalue weighted by Crippen LogP contribution is -2.25. The first-order valence-corrected chi connectivity index (χ1v) is 12.0. The van der Waals surface area contributed by atoms with E-state index in [2.05, 4.69) is 26.1 Å². The minimum atomic E-state index is -2.89. The van der Waals surface area contributed by atoms with Crippen molar-refractivity contribution in [3.8, 4) is 0 Å². The summed E-state index contributed by atoms with van der Waals surface area (Å²) >= 11 is 0. The number of anilines is 1. The van der Waals surface area contributed by atoms with Gasteiger partial charge in [0.1, 0.15) is 19.0 Å². The Kier molecular flexibility index (Phi) is 6.71. The lowest BCUT2D eigenvalue weighted by molar-refractivity contribution is 0.0174. The van der Waals surface area contributed by atoms with Crippen molar-refractivity contribution < 1.29 is 13.2 Å². The maximum Gasteiger partial charge on any atom is 0.270 e. The van der Waals surface area contributed by atoms with Gasteiger partial charge in [0.05, 0.1) is 18.3 Å². The molecule has 0 radical (unpaired) electrons. The Balaban J connectivity index is 1.31. The lowest BCUT2D eigenvalue weighted by Gasteiger charge is -2.27. The van der Waals surface area contributed by atoms with Crippen LogP contribution in [0.15, 0.2) is 67.5 Å². The zero-order chi connectivity index (χ0) is 25.1. The van der Waals surface area contributed by atoms with Crippen LogP contribution in [0.2, 0.25) is 0 Å². The Labute approximate surface area is 207 Å². The molecule has 0 bridgehead atoms. The van der Waals surface area contributed by atoms with Crippen LogP contribution in [0.4, 0.5) is 19.0 Å². The highest BCUT2D eigenvalue weighted by atomic mass is 19.3. The average molecular weight is 493 g/mol. The largest absolute Gasteiger partial charge is 0.347 e. The van der Waals surface area contributed by atoms with E-state index < -0.39 is 11.7 Å². The second-order valence-electron chi connectivity index (χ2n) is 9.23. The summed E-state index contributed by atoms with van der Waals surface area (Å²) in [5.74, 6) is -3.04. The predicted molar refractivity (Wildman–Crippen MR) is 130 cm³/mol. The Morgan fingerprint density at radius 1 is 1.00 bits per heavy atom. The molecule has 1 aliphatic heterocycles. The van der Waals surface area contributed by atoms with Gasteiger partial charge in [-0.15, -0.1) is 0 Å². The van der Waals surface area contributed by atoms with Gasteiger partial charge in [0, 0.05) is 19.0 Å². The second-order valence-corrected chi connectivity index (χ2v) is 9.23. The normalized spacial score (nSPS) is 16.0. The fourth-order valence-corrected chi connectivity index (χ4v) is 4.78. The van der Waals surface area contributed by atoms with Gasteiger partial charge in [-0.3, -0.25) is 0 Å². The second kappa shape index (κ2) is 10.1. The molecule has 6 nitrogen and oxygen atoms in total. The molecule has 1 fully saturated rings. The molecular weight excluding hydrogens is 465 g/mol. The maximum atomic E-state index is 15.6. The number of aryl methyl sites for hydroxylation is 2. The van der Waals surface area contributed by atoms with Crippen LogP contribution in [0.5, 0.6) is 0 Å². The number of hydrogen-bond acceptors (Lipinski definition) is 5. The van der Waals surface area contributed by atoms with Crippen molar-refractivity contribution in [3.05, 3.63) is 101 Å². The van der Waals surface area contributed by atoms with E-state index in [4.69, 9.17) is 0 Å². The summed E-state index contributed by atoms with van der Waals surface area (Å²) in [6, 6.07) is 14.3. The molecule has 5 rings (SSSR count). The molecule has 1 atom stereocenters. The van der Waals surface area contributed by atoms with E-state index in [9.17, 15) is 8.78 Å². The first kappa shape index (κ1) is 24.0. The number of aromatic nitrogens is 5. The molecule has 3 heterocycles. The van der Waals surface area contributed by atoms with E-state index in [0.29, 0.717) is 31.6 Å². The summed E-state index contributed by atoms with van der Waals surface area (Å²) in [4.78, 5) is 14.4. The molecule has 2 aromatic heterocycles. The SMILES string of the molecule is CC(F)(F)c1ccc(C2CCCN2c2ncnc(CCc3cccc(Cn4cncn4)c3)c2F)cc1. The number of halogens is 3. The molecule has 2 aromatic carbocycles. The van der Waals surface area contributed by atoms with Crippen LogP contribution in [0.25, 0.3) is 0 Å². The van der Waals surface area contributed by atoms with Crippen LogP contribution >= 0.6 is 0 Å². The van der Waals surface area contributed by atoms with Crippen LogP contribution in [-0.4, -0.2) is 31.3 Å². The van der Waals surface area contributed by atoms with Gasteiger partial charge < -0.3 is 4.90 Å². The zero-order valence-corrected chi connectivity index (χ0v) is 20.0. The summed E-state index contributed by atoms with van der Waals surface area (Å²) in [6.45, 7) is 2.15. The van der Waals surface area contributed by atoms with E-state index in [1.165, 1.54) is 24.8 Å². The topological polar surface area (TPSA) is 59.7 Å². The standard InChI is InChI=1S/C27H27F3N6/c1-27(29,30)22-10-8-21(9-11-22)24-6-3-13-36(24)26-25(28)23(32-17-33-26)12-7-19-4-2-5-20(14-19)15-35-18-31-16-34-35/h2,4-5,8-11,14,16-18,24H,3,6-7,12-13,15H2,1H3. The summed E-state index contributed by atoms with van der Waals surface area (Å²) in [5.41, 5.74) is 3.39. The Bertz CT molecular complexity index is 1300. The minimum absolute atomic E-state index is 0.0309. The molecule has 0 N–H and O–H groups in total. The van der Waals surface area contributed by atoms with Gasteiger partial charge in [-0.25, -0.2) is 32.8 Å². The minimum Gasteiger partial charge on any atom is -0.347 e. The van der Waals surface area contributed by atoms with Crippen LogP contribution in [0, 0.1) is 5.82 Å². The maximum absolute atomic E-state index is 15.6. The van der Waals surface area contributed by atoms with E-state index in [-0.39, 0.29) is 17.4 Å². The fourth-order valence-electron chi connectivity index (χ4n) is 4.78. The van der Waals surface area contributed by atoms with E-state index in [1.807, 2.05) is 23.1 Å². The molecule has 1 aliphatic rings. The third-order valence-electron chi connectivity index (χ3n) is 6.62. The third-order valence-corrected chi connectivity index (χ3v) is 6.62.